The van der Waals surface area contributed by atoms with Gasteiger partial charge in [0.2, 0.25) is 21.8 Å². The van der Waals surface area contributed by atoms with E-state index in [0.29, 0.717) is 10.7 Å². The Morgan fingerprint density at radius 1 is 1.20 bits per heavy atom. The number of amides is 2. The summed E-state index contributed by atoms with van der Waals surface area (Å²) >= 11 is 6.19. The number of piperazine rings is 1. The summed E-state index contributed by atoms with van der Waals surface area (Å²) in [5.41, 5.74) is -0.0756. The Morgan fingerprint density at radius 3 is 2.43 bits per heavy atom. The molecule has 0 aromatic heterocycles. The number of carbonyl (C=O) groups excluding carboxylic acids is 2. The Bertz CT molecular complexity index is 928. The Kier molecular flexibility index (Phi) is 6.79. The van der Waals surface area contributed by atoms with Crippen molar-refractivity contribution in [3.8, 4) is 0 Å². The molecule has 166 valence electrons. The Labute approximate surface area is 183 Å². The monoisotopic (exact) mass is 455 g/mol. The van der Waals surface area contributed by atoms with Crippen molar-refractivity contribution in [2.45, 2.75) is 64.0 Å². The molecule has 30 heavy (non-hydrogen) atoms. The van der Waals surface area contributed by atoms with Crippen molar-refractivity contribution in [3.05, 3.63) is 28.8 Å². The smallest absolute Gasteiger partial charge is 0.247 e. The lowest BCUT2D eigenvalue weighted by Gasteiger charge is -2.47. The number of halogens is 1. The molecule has 1 saturated heterocycles. The van der Waals surface area contributed by atoms with Crippen LogP contribution in [0.15, 0.2) is 18.2 Å². The fourth-order valence-corrected chi connectivity index (χ4v) is 5.36. The van der Waals surface area contributed by atoms with E-state index in [1.165, 1.54) is 4.90 Å². The molecule has 2 fully saturated rings. The van der Waals surface area contributed by atoms with E-state index in [0.717, 1.165) is 54.6 Å². The summed E-state index contributed by atoms with van der Waals surface area (Å²) < 4.78 is 25.6. The molecule has 1 saturated carbocycles. The number of benzene rings is 1. The Morgan fingerprint density at radius 2 is 1.83 bits per heavy atom. The molecule has 1 atom stereocenters. The summed E-state index contributed by atoms with van der Waals surface area (Å²) in [5.74, 6) is -0.786. The van der Waals surface area contributed by atoms with Gasteiger partial charge in [-0.25, -0.2) is 8.42 Å². The molecule has 0 radical (unpaired) electrons. The lowest BCUT2D eigenvalue weighted by Crippen LogP contribution is -2.70. The molecule has 1 aromatic rings. The van der Waals surface area contributed by atoms with Crippen molar-refractivity contribution in [2.24, 2.45) is 0 Å². The number of nitrogens with one attached hydrogen (secondary N) is 1. The molecule has 1 aliphatic heterocycles. The highest BCUT2D eigenvalue weighted by Gasteiger charge is 2.51. The lowest BCUT2D eigenvalue weighted by molar-refractivity contribution is -0.133. The number of carbonyl (C=O) groups is 2. The number of sulfonamides is 1. The average molecular weight is 456 g/mol. The average Bonchev–Trinajstić information content (AvgIpc) is 2.92. The minimum absolute atomic E-state index is 0.0304. The molecule has 1 aromatic carbocycles. The van der Waals surface area contributed by atoms with Gasteiger partial charge in [0, 0.05) is 23.3 Å². The van der Waals surface area contributed by atoms with Gasteiger partial charge in [0.25, 0.3) is 0 Å². The fourth-order valence-electron chi connectivity index (χ4n) is 4.36. The molecular formula is C21H30ClN3O4S. The Balaban J connectivity index is 2.01. The van der Waals surface area contributed by atoms with Gasteiger partial charge in [-0.05, 0) is 44.4 Å². The second-order valence-corrected chi connectivity index (χ2v) is 11.0. The third-order valence-electron chi connectivity index (χ3n) is 6.10. The Hall–Kier alpha value is -1.64. The van der Waals surface area contributed by atoms with Gasteiger partial charge in [0.1, 0.15) is 5.54 Å². The molecule has 0 unspecified atom stereocenters. The van der Waals surface area contributed by atoms with Gasteiger partial charge in [0.05, 0.1) is 12.8 Å². The summed E-state index contributed by atoms with van der Waals surface area (Å²) in [6, 6.07) is 5.20. The molecule has 2 aliphatic rings. The predicted octanol–water partition coefficient (Wildman–Crippen LogP) is 2.85. The van der Waals surface area contributed by atoms with Crippen LogP contribution in [0.25, 0.3) is 0 Å². The minimum Gasteiger partial charge on any atom is -0.351 e. The maximum absolute atomic E-state index is 13.5. The molecule has 0 spiro atoms. The first-order valence-corrected chi connectivity index (χ1v) is 12.6. The van der Waals surface area contributed by atoms with Crippen molar-refractivity contribution in [1.82, 2.24) is 9.62 Å². The lowest BCUT2D eigenvalue weighted by atomic mass is 9.92. The van der Waals surface area contributed by atoms with Crippen LogP contribution in [0, 0.1) is 6.92 Å². The van der Waals surface area contributed by atoms with Crippen molar-refractivity contribution in [1.29, 1.82) is 0 Å². The SMILES string of the molecule is Cc1ccc(Cl)cc1N1C(=O)CN(S(C)(=O)=O)C[C@]1(C)C(=O)NC1CCCCCC1. The van der Waals surface area contributed by atoms with Gasteiger partial charge in [0.15, 0.2) is 0 Å². The van der Waals surface area contributed by atoms with E-state index in [9.17, 15) is 18.0 Å². The summed E-state index contributed by atoms with van der Waals surface area (Å²) in [5, 5.41) is 3.55. The van der Waals surface area contributed by atoms with Gasteiger partial charge in [-0.1, -0.05) is 43.4 Å². The van der Waals surface area contributed by atoms with Crippen LogP contribution in [0.5, 0.6) is 0 Å². The molecule has 0 bridgehead atoms. The molecule has 1 heterocycles. The van der Waals surface area contributed by atoms with Crippen LogP contribution in [-0.4, -0.2) is 55.5 Å². The van der Waals surface area contributed by atoms with Crippen LogP contribution in [0.1, 0.15) is 51.0 Å². The van der Waals surface area contributed by atoms with E-state index in [-0.39, 0.29) is 25.0 Å². The summed E-state index contributed by atoms with van der Waals surface area (Å²) in [6.45, 7) is 3.05. The summed E-state index contributed by atoms with van der Waals surface area (Å²) in [7, 11) is -3.65. The number of hydrogen-bond acceptors (Lipinski definition) is 4. The third-order valence-corrected chi connectivity index (χ3v) is 7.53. The number of hydrogen-bond donors (Lipinski definition) is 1. The topological polar surface area (TPSA) is 86.8 Å². The van der Waals surface area contributed by atoms with Crippen molar-refractivity contribution in [2.75, 3.05) is 24.2 Å². The first-order valence-electron chi connectivity index (χ1n) is 10.4. The van der Waals surface area contributed by atoms with Crippen molar-refractivity contribution < 1.29 is 18.0 Å². The van der Waals surface area contributed by atoms with Crippen LogP contribution < -0.4 is 10.2 Å². The summed E-state index contributed by atoms with van der Waals surface area (Å²) in [6.07, 6.45) is 7.24. The number of anilines is 1. The predicted molar refractivity (Wildman–Crippen MR) is 118 cm³/mol. The van der Waals surface area contributed by atoms with Crippen LogP contribution in [-0.2, 0) is 19.6 Å². The number of nitrogens with zero attached hydrogens (tertiary/aromatic N) is 2. The molecule has 7 nitrogen and oxygen atoms in total. The van der Waals surface area contributed by atoms with Crippen LogP contribution in [0.4, 0.5) is 5.69 Å². The molecular weight excluding hydrogens is 426 g/mol. The van der Waals surface area contributed by atoms with Gasteiger partial charge >= 0.3 is 0 Å². The summed E-state index contributed by atoms with van der Waals surface area (Å²) in [4.78, 5) is 28.2. The zero-order valence-corrected chi connectivity index (χ0v) is 19.4. The first-order chi connectivity index (χ1) is 14.0. The fraction of sp³-hybridized carbons (Fsp3) is 0.619. The normalized spacial score (nSPS) is 24.5. The van der Waals surface area contributed by atoms with E-state index in [4.69, 9.17) is 11.6 Å². The van der Waals surface area contributed by atoms with Gasteiger partial charge in [-0.3, -0.25) is 14.5 Å². The van der Waals surface area contributed by atoms with Gasteiger partial charge < -0.3 is 5.32 Å². The highest BCUT2D eigenvalue weighted by atomic mass is 35.5. The van der Waals surface area contributed by atoms with Gasteiger partial charge in [-0.2, -0.15) is 4.31 Å². The quantitative estimate of drug-likeness (QED) is 0.707. The third kappa shape index (κ3) is 4.81. The van der Waals surface area contributed by atoms with Gasteiger partial charge in [-0.15, -0.1) is 0 Å². The van der Waals surface area contributed by atoms with E-state index in [1.807, 2.05) is 6.92 Å². The van der Waals surface area contributed by atoms with E-state index < -0.39 is 21.5 Å². The first kappa shape index (κ1) is 23.0. The van der Waals surface area contributed by atoms with E-state index in [1.54, 1.807) is 25.1 Å². The minimum atomic E-state index is -3.65. The highest BCUT2D eigenvalue weighted by Crippen LogP contribution is 2.34. The molecule has 2 amide bonds. The van der Waals surface area contributed by atoms with E-state index >= 15 is 0 Å². The number of rotatable bonds is 4. The van der Waals surface area contributed by atoms with Crippen LogP contribution in [0.3, 0.4) is 0 Å². The highest BCUT2D eigenvalue weighted by molar-refractivity contribution is 7.88. The standard InChI is InChI=1S/C21H30ClN3O4S/c1-15-10-11-16(22)12-18(15)25-19(26)13-24(30(3,28)29)14-21(25,2)20(27)23-17-8-6-4-5-7-9-17/h10-12,17H,4-9,13-14H2,1-3H3,(H,23,27)/t21-/m1/s1. The molecule has 9 heteroatoms. The van der Waals surface area contributed by atoms with Crippen molar-refractivity contribution >= 4 is 39.1 Å². The zero-order chi connectivity index (χ0) is 22.1. The molecule has 1 aliphatic carbocycles. The number of aryl methyl sites for hydroxylation is 1. The maximum Gasteiger partial charge on any atom is 0.247 e. The van der Waals surface area contributed by atoms with Crippen LogP contribution >= 0.6 is 11.6 Å². The molecule has 1 N–H and O–H groups in total. The van der Waals surface area contributed by atoms with E-state index in [2.05, 4.69) is 5.32 Å². The molecule has 3 rings (SSSR count). The largest absolute Gasteiger partial charge is 0.351 e. The van der Waals surface area contributed by atoms with Crippen molar-refractivity contribution in [3.63, 3.8) is 0 Å². The second kappa shape index (κ2) is 8.85. The maximum atomic E-state index is 13.5. The second-order valence-electron chi connectivity index (χ2n) is 8.63. The zero-order valence-electron chi connectivity index (χ0n) is 17.8. The van der Waals surface area contributed by atoms with Crippen LogP contribution in [0.2, 0.25) is 5.02 Å².